The van der Waals surface area contributed by atoms with E-state index in [4.69, 9.17) is 0 Å². The van der Waals surface area contributed by atoms with E-state index in [0.717, 1.165) is 6.42 Å². The van der Waals surface area contributed by atoms with Gasteiger partial charge < -0.3 is 0 Å². The second-order valence-electron chi connectivity index (χ2n) is 9.35. The molecule has 2 heteroatoms. The monoisotopic (exact) mass is 442 g/mol. The van der Waals surface area contributed by atoms with Crippen LogP contribution in [0.1, 0.15) is 33.5 Å². The van der Waals surface area contributed by atoms with Gasteiger partial charge in [-0.2, -0.15) is 0 Å². The minimum atomic E-state index is -1.62. The highest BCUT2D eigenvalue weighted by Gasteiger charge is 2.55. The van der Waals surface area contributed by atoms with Crippen molar-refractivity contribution in [2.24, 2.45) is 5.92 Å². The van der Waals surface area contributed by atoms with Crippen molar-refractivity contribution in [2.75, 3.05) is 0 Å². The Morgan fingerprint density at radius 3 is 2.00 bits per heavy atom. The second kappa shape index (κ2) is 9.38. The van der Waals surface area contributed by atoms with Crippen LogP contribution in [0.2, 0.25) is 19.6 Å². The van der Waals surface area contributed by atoms with Crippen LogP contribution in [0.3, 0.4) is 0 Å². The average molecular weight is 443 g/mol. The zero-order chi connectivity index (χ0) is 23.3. The van der Waals surface area contributed by atoms with Crippen molar-refractivity contribution >= 4 is 13.9 Å². The molecule has 1 atom stereocenters. The van der Waals surface area contributed by atoms with Gasteiger partial charge in [0.05, 0.1) is 0 Å². The van der Waals surface area contributed by atoms with Crippen molar-refractivity contribution in [3.8, 4) is 35.1 Å². The number of hydrogen-bond donors (Lipinski definition) is 0. The molecular weight excluding hydrogens is 416 g/mol. The molecule has 3 aromatic rings. The Bertz CT molecular complexity index is 1300. The van der Waals surface area contributed by atoms with Gasteiger partial charge in [-0.3, -0.25) is 4.79 Å². The summed E-state index contributed by atoms with van der Waals surface area (Å²) in [6.45, 7) is 6.37. The summed E-state index contributed by atoms with van der Waals surface area (Å²) in [5, 5.41) is 0. The van der Waals surface area contributed by atoms with Crippen LogP contribution in [0, 0.1) is 41.1 Å². The standard InChI is InChI=1S/C31H26OSi/c1-33(2,3)23-22-30(32)29-21-13-11-15-25(29)14-10-12-20-28-24-31(28,26-16-6-4-7-17-26)27-18-8-5-9-19-27/h4-9,11,13,15-19,21,28H,24H2,1-3H3. The van der Waals surface area contributed by atoms with Crippen molar-refractivity contribution in [2.45, 2.75) is 31.5 Å². The summed E-state index contributed by atoms with van der Waals surface area (Å²) in [6, 6.07) is 28.5. The lowest BCUT2D eigenvalue weighted by Crippen LogP contribution is -2.17. The minimum Gasteiger partial charge on any atom is -0.279 e. The van der Waals surface area contributed by atoms with Gasteiger partial charge in [0.1, 0.15) is 8.07 Å². The van der Waals surface area contributed by atoms with E-state index in [1.165, 1.54) is 11.1 Å². The first-order valence-electron chi connectivity index (χ1n) is 11.2. The molecule has 0 aliphatic heterocycles. The normalized spacial score (nSPS) is 15.5. The molecule has 0 spiro atoms. The highest BCUT2D eigenvalue weighted by atomic mass is 28.3. The first-order chi connectivity index (χ1) is 15.9. The Kier molecular flexibility index (Phi) is 6.37. The molecule has 1 saturated carbocycles. The summed E-state index contributed by atoms with van der Waals surface area (Å²) >= 11 is 0. The molecule has 33 heavy (non-hydrogen) atoms. The van der Waals surface area contributed by atoms with Crippen LogP contribution in [0.4, 0.5) is 0 Å². The Balaban J connectivity index is 1.58. The Morgan fingerprint density at radius 2 is 1.39 bits per heavy atom. The summed E-state index contributed by atoms with van der Waals surface area (Å²) in [7, 11) is -1.62. The molecule has 0 aromatic heterocycles. The van der Waals surface area contributed by atoms with Gasteiger partial charge in [0.2, 0.25) is 5.78 Å². The molecule has 4 rings (SSSR count). The smallest absolute Gasteiger partial charge is 0.236 e. The maximum absolute atomic E-state index is 12.6. The van der Waals surface area contributed by atoms with Crippen LogP contribution in [0.25, 0.3) is 0 Å². The van der Waals surface area contributed by atoms with Crippen molar-refractivity contribution in [3.63, 3.8) is 0 Å². The fourth-order valence-corrected chi connectivity index (χ4v) is 4.53. The minimum absolute atomic E-state index is 0.0719. The van der Waals surface area contributed by atoms with Crippen LogP contribution in [0.15, 0.2) is 84.9 Å². The predicted octanol–water partition coefficient (Wildman–Crippen LogP) is 6.11. The zero-order valence-electron chi connectivity index (χ0n) is 19.3. The molecule has 0 bridgehead atoms. The molecule has 1 fully saturated rings. The number of Topliss-reactive ketones (excluding diaryl/α,β-unsaturated/α-hetero) is 1. The van der Waals surface area contributed by atoms with Crippen molar-refractivity contribution in [1.29, 1.82) is 0 Å². The van der Waals surface area contributed by atoms with Gasteiger partial charge in [0.25, 0.3) is 0 Å². The van der Waals surface area contributed by atoms with Crippen LogP contribution in [-0.2, 0) is 5.41 Å². The van der Waals surface area contributed by atoms with Gasteiger partial charge in [-0.25, -0.2) is 0 Å². The van der Waals surface area contributed by atoms with Gasteiger partial charge in [-0.15, -0.1) is 5.54 Å². The van der Waals surface area contributed by atoms with E-state index in [9.17, 15) is 4.79 Å². The molecule has 1 aliphatic rings. The van der Waals surface area contributed by atoms with E-state index in [0.29, 0.717) is 11.1 Å². The highest BCUT2D eigenvalue weighted by Crippen LogP contribution is 2.58. The van der Waals surface area contributed by atoms with E-state index in [1.807, 2.05) is 30.3 Å². The maximum atomic E-state index is 12.6. The first-order valence-corrected chi connectivity index (χ1v) is 14.7. The average Bonchev–Trinajstić information content (AvgIpc) is 3.57. The number of rotatable bonds is 3. The molecule has 0 N–H and O–H groups in total. The summed E-state index contributed by atoms with van der Waals surface area (Å²) < 4.78 is 0. The first kappa shape index (κ1) is 22.4. The molecule has 1 unspecified atom stereocenters. The molecule has 1 aliphatic carbocycles. The predicted molar refractivity (Wildman–Crippen MR) is 138 cm³/mol. The number of carbonyl (C=O) groups excluding carboxylic acids is 1. The van der Waals surface area contributed by atoms with E-state index in [2.05, 4.69) is 103 Å². The molecule has 0 heterocycles. The summed E-state index contributed by atoms with van der Waals surface area (Å²) in [5.74, 6) is 15.4. The van der Waals surface area contributed by atoms with Crippen LogP contribution < -0.4 is 0 Å². The highest BCUT2D eigenvalue weighted by molar-refractivity contribution is 6.84. The van der Waals surface area contributed by atoms with E-state index in [-0.39, 0.29) is 17.1 Å². The van der Waals surface area contributed by atoms with E-state index >= 15 is 0 Å². The fraction of sp³-hybridized carbons (Fsp3) is 0.194. The summed E-state index contributed by atoms with van der Waals surface area (Å²) in [6.07, 6.45) is 0.983. The van der Waals surface area contributed by atoms with Crippen LogP contribution in [0.5, 0.6) is 0 Å². The number of ketones is 1. The third-order valence-electron chi connectivity index (χ3n) is 5.77. The zero-order valence-corrected chi connectivity index (χ0v) is 20.3. The molecule has 0 saturated heterocycles. The number of carbonyl (C=O) groups is 1. The lowest BCUT2D eigenvalue weighted by atomic mass is 9.86. The van der Waals surface area contributed by atoms with Crippen molar-refractivity contribution in [3.05, 3.63) is 107 Å². The third-order valence-corrected chi connectivity index (χ3v) is 6.64. The van der Waals surface area contributed by atoms with Crippen LogP contribution in [-0.4, -0.2) is 13.9 Å². The number of hydrogen-bond acceptors (Lipinski definition) is 1. The van der Waals surface area contributed by atoms with Gasteiger partial charge in [0.15, 0.2) is 0 Å². The van der Waals surface area contributed by atoms with Crippen LogP contribution >= 0.6 is 0 Å². The van der Waals surface area contributed by atoms with Gasteiger partial charge in [0, 0.05) is 22.5 Å². The Hall–Kier alpha value is -3.77. The molecule has 160 valence electrons. The van der Waals surface area contributed by atoms with Gasteiger partial charge in [-0.1, -0.05) is 104 Å². The van der Waals surface area contributed by atoms with E-state index < -0.39 is 8.07 Å². The van der Waals surface area contributed by atoms with E-state index in [1.54, 1.807) is 6.07 Å². The largest absolute Gasteiger partial charge is 0.279 e. The van der Waals surface area contributed by atoms with Gasteiger partial charge >= 0.3 is 0 Å². The lowest BCUT2D eigenvalue weighted by Gasteiger charge is -2.17. The van der Waals surface area contributed by atoms with Gasteiger partial charge in [-0.05, 0) is 47.4 Å². The summed E-state index contributed by atoms with van der Waals surface area (Å²) in [5.41, 5.74) is 6.88. The SMILES string of the molecule is C[Si](C)(C)C#CC(=O)c1ccccc1C#CC#CC1CC1(c1ccccc1)c1ccccc1. The quantitative estimate of drug-likeness (QED) is 0.272. The second-order valence-corrected chi connectivity index (χ2v) is 14.1. The maximum Gasteiger partial charge on any atom is 0.236 e. The van der Waals surface area contributed by atoms with Crippen molar-refractivity contribution in [1.82, 2.24) is 0 Å². The number of benzene rings is 3. The molecule has 0 amide bonds. The Morgan fingerprint density at radius 1 is 0.818 bits per heavy atom. The topological polar surface area (TPSA) is 17.1 Å². The summed E-state index contributed by atoms with van der Waals surface area (Å²) in [4.78, 5) is 12.6. The fourth-order valence-electron chi connectivity index (χ4n) is 4.04. The molecule has 3 aromatic carbocycles. The Labute approximate surface area is 198 Å². The lowest BCUT2D eigenvalue weighted by molar-refractivity contribution is 0.105. The molecule has 0 radical (unpaired) electrons. The molecular formula is C31H26OSi. The molecule has 1 nitrogen and oxygen atoms in total. The van der Waals surface area contributed by atoms with Crippen molar-refractivity contribution < 1.29 is 4.79 Å². The third kappa shape index (κ3) is 5.18.